The van der Waals surface area contributed by atoms with Crippen LogP contribution in [0.15, 0.2) is 30.3 Å². The summed E-state index contributed by atoms with van der Waals surface area (Å²) < 4.78 is 5.51. The van der Waals surface area contributed by atoms with E-state index in [-0.39, 0.29) is 0 Å². The number of hydrogen-bond donors (Lipinski definition) is 2. The Bertz CT molecular complexity index is 650. The van der Waals surface area contributed by atoms with Gasteiger partial charge in [-0.15, -0.1) is 0 Å². The number of aryl methyl sites for hydroxylation is 1. The largest absolute Gasteiger partial charge is 0.507 e. The zero-order chi connectivity index (χ0) is 14.1. The molecule has 0 unspecified atom stereocenters. The van der Waals surface area contributed by atoms with Gasteiger partial charge in [0.05, 0.1) is 6.61 Å². The molecule has 0 aliphatic carbocycles. The van der Waals surface area contributed by atoms with Crippen molar-refractivity contribution in [3.63, 3.8) is 0 Å². The average Bonchev–Trinajstić information content (AvgIpc) is 2.91. The summed E-state index contributed by atoms with van der Waals surface area (Å²) in [6.07, 6.45) is 0.994. The fourth-order valence-corrected chi connectivity index (χ4v) is 2.57. The van der Waals surface area contributed by atoms with Crippen LogP contribution in [-0.2, 0) is 13.0 Å². The third-order valence-electron chi connectivity index (χ3n) is 3.87. The second-order valence-electron chi connectivity index (χ2n) is 5.30. The first-order chi connectivity index (χ1) is 9.65. The predicted octanol–water partition coefficient (Wildman–Crippen LogP) is 3.56. The molecule has 0 spiro atoms. The molecule has 2 aromatic carbocycles. The van der Waals surface area contributed by atoms with E-state index in [1.807, 2.05) is 32.0 Å². The molecule has 0 saturated heterocycles. The summed E-state index contributed by atoms with van der Waals surface area (Å²) in [4.78, 5) is 0. The number of rotatable bonds is 3. The van der Waals surface area contributed by atoms with Gasteiger partial charge in [0.25, 0.3) is 0 Å². The minimum atomic E-state index is 0.373. The Labute approximate surface area is 119 Å². The minimum Gasteiger partial charge on any atom is -0.507 e. The Kier molecular flexibility index (Phi) is 3.26. The molecule has 20 heavy (non-hydrogen) atoms. The molecule has 2 aromatic rings. The van der Waals surface area contributed by atoms with Crippen LogP contribution in [0.25, 0.3) is 0 Å². The molecule has 0 saturated carbocycles. The van der Waals surface area contributed by atoms with Gasteiger partial charge in [-0.1, -0.05) is 18.2 Å². The summed E-state index contributed by atoms with van der Waals surface area (Å²) in [5.74, 6) is 1.38. The molecule has 0 amide bonds. The number of hydrogen-bond acceptors (Lipinski definition) is 3. The lowest BCUT2D eigenvalue weighted by molar-refractivity contribution is 0.357. The maximum Gasteiger partial charge on any atom is 0.123 e. The van der Waals surface area contributed by atoms with Gasteiger partial charge >= 0.3 is 0 Å². The molecule has 0 bridgehead atoms. The SMILES string of the molecule is Cc1ccc(NCc2ccc3c(c2)CCO3)c(C)c1O. The standard InChI is InChI=1S/C17H19NO2/c1-11-3-5-15(12(2)17(11)19)18-10-13-4-6-16-14(9-13)7-8-20-16/h3-6,9,18-19H,7-8,10H2,1-2H3. The van der Waals surface area contributed by atoms with Crippen LogP contribution in [0.2, 0.25) is 0 Å². The highest BCUT2D eigenvalue weighted by Gasteiger charge is 2.12. The number of ether oxygens (including phenoxy) is 1. The summed E-state index contributed by atoms with van der Waals surface area (Å²) in [7, 11) is 0. The number of fused-ring (bicyclic) bond motifs is 1. The summed E-state index contributed by atoms with van der Waals surface area (Å²) in [5, 5.41) is 13.3. The van der Waals surface area contributed by atoms with Crippen LogP contribution in [0, 0.1) is 13.8 Å². The Morgan fingerprint density at radius 1 is 1.20 bits per heavy atom. The van der Waals surface area contributed by atoms with Crippen molar-refractivity contribution >= 4 is 5.69 Å². The normalized spacial score (nSPS) is 12.9. The van der Waals surface area contributed by atoms with E-state index in [4.69, 9.17) is 4.74 Å². The van der Waals surface area contributed by atoms with Crippen LogP contribution >= 0.6 is 0 Å². The van der Waals surface area contributed by atoms with Gasteiger partial charge in [0.2, 0.25) is 0 Å². The molecule has 1 aliphatic heterocycles. The molecule has 3 heteroatoms. The second kappa shape index (κ2) is 5.08. The van der Waals surface area contributed by atoms with Crippen molar-refractivity contribution in [2.45, 2.75) is 26.8 Å². The maximum absolute atomic E-state index is 9.95. The van der Waals surface area contributed by atoms with Gasteiger partial charge in [0, 0.05) is 24.2 Å². The molecular formula is C17H19NO2. The lowest BCUT2D eigenvalue weighted by Crippen LogP contribution is -2.01. The lowest BCUT2D eigenvalue weighted by Gasteiger charge is -2.13. The van der Waals surface area contributed by atoms with Crippen molar-refractivity contribution < 1.29 is 9.84 Å². The molecule has 104 valence electrons. The molecule has 1 heterocycles. The average molecular weight is 269 g/mol. The molecule has 1 aliphatic rings. The maximum atomic E-state index is 9.95. The van der Waals surface area contributed by atoms with Crippen molar-refractivity contribution in [1.29, 1.82) is 0 Å². The van der Waals surface area contributed by atoms with Crippen LogP contribution < -0.4 is 10.1 Å². The van der Waals surface area contributed by atoms with E-state index >= 15 is 0 Å². The minimum absolute atomic E-state index is 0.373. The quantitative estimate of drug-likeness (QED) is 0.895. The Morgan fingerprint density at radius 2 is 2.05 bits per heavy atom. The highest BCUT2D eigenvalue weighted by atomic mass is 16.5. The third kappa shape index (κ3) is 2.31. The van der Waals surface area contributed by atoms with E-state index in [1.54, 1.807) is 0 Å². The first kappa shape index (κ1) is 12.9. The van der Waals surface area contributed by atoms with E-state index in [9.17, 15) is 5.11 Å². The number of anilines is 1. The topological polar surface area (TPSA) is 41.5 Å². The van der Waals surface area contributed by atoms with E-state index in [2.05, 4.69) is 17.4 Å². The van der Waals surface area contributed by atoms with Crippen LogP contribution in [0.5, 0.6) is 11.5 Å². The van der Waals surface area contributed by atoms with Gasteiger partial charge in [-0.05, 0) is 42.7 Å². The fourth-order valence-electron chi connectivity index (χ4n) is 2.57. The van der Waals surface area contributed by atoms with Gasteiger partial charge in [0.15, 0.2) is 0 Å². The van der Waals surface area contributed by atoms with Gasteiger partial charge in [-0.25, -0.2) is 0 Å². The van der Waals surface area contributed by atoms with Crippen LogP contribution in [0.4, 0.5) is 5.69 Å². The number of aromatic hydroxyl groups is 1. The van der Waals surface area contributed by atoms with Crippen LogP contribution in [0.1, 0.15) is 22.3 Å². The van der Waals surface area contributed by atoms with Gasteiger partial charge in [0.1, 0.15) is 11.5 Å². The summed E-state index contributed by atoms with van der Waals surface area (Å²) in [5.41, 5.74) is 5.29. The molecule has 2 N–H and O–H groups in total. The number of nitrogens with one attached hydrogen (secondary N) is 1. The predicted molar refractivity (Wildman–Crippen MR) is 80.5 cm³/mol. The van der Waals surface area contributed by atoms with E-state index in [0.717, 1.165) is 42.1 Å². The van der Waals surface area contributed by atoms with Crippen molar-refractivity contribution in [2.24, 2.45) is 0 Å². The first-order valence-electron chi connectivity index (χ1n) is 6.93. The highest BCUT2D eigenvalue weighted by molar-refractivity contribution is 5.59. The molecule has 0 aromatic heterocycles. The Balaban J connectivity index is 1.75. The fraction of sp³-hybridized carbons (Fsp3) is 0.294. The van der Waals surface area contributed by atoms with Crippen molar-refractivity contribution in [2.75, 3.05) is 11.9 Å². The Morgan fingerprint density at radius 3 is 2.90 bits per heavy atom. The lowest BCUT2D eigenvalue weighted by atomic mass is 10.1. The number of phenols is 1. The van der Waals surface area contributed by atoms with Crippen LogP contribution in [-0.4, -0.2) is 11.7 Å². The number of benzene rings is 2. The third-order valence-corrected chi connectivity index (χ3v) is 3.87. The first-order valence-corrected chi connectivity index (χ1v) is 6.93. The molecular weight excluding hydrogens is 250 g/mol. The molecule has 3 nitrogen and oxygen atoms in total. The van der Waals surface area contributed by atoms with Gasteiger partial charge < -0.3 is 15.2 Å². The van der Waals surface area contributed by atoms with Crippen molar-refractivity contribution in [3.8, 4) is 11.5 Å². The van der Waals surface area contributed by atoms with E-state index < -0.39 is 0 Å². The van der Waals surface area contributed by atoms with Crippen molar-refractivity contribution in [1.82, 2.24) is 0 Å². The van der Waals surface area contributed by atoms with E-state index in [0.29, 0.717) is 5.75 Å². The van der Waals surface area contributed by atoms with Gasteiger partial charge in [-0.3, -0.25) is 0 Å². The molecule has 3 rings (SSSR count). The van der Waals surface area contributed by atoms with E-state index in [1.165, 1.54) is 11.1 Å². The van der Waals surface area contributed by atoms with Gasteiger partial charge in [-0.2, -0.15) is 0 Å². The summed E-state index contributed by atoms with van der Waals surface area (Å²) >= 11 is 0. The zero-order valence-corrected chi connectivity index (χ0v) is 11.9. The smallest absolute Gasteiger partial charge is 0.123 e. The highest BCUT2D eigenvalue weighted by Crippen LogP contribution is 2.29. The summed E-state index contributed by atoms with van der Waals surface area (Å²) in [6, 6.07) is 10.3. The Hall–Kier alpha value is -2.16. The van der Waals surface area contributed by atoms with Crippen molar-refractivity contribution in [3.05, 3.63) is 52.6 Å². The molecule has 0 atom stereocenters. The second-order valence-corrected chi connectivity index (χ2v) is 5.30. The zero-order valence-electron chi connectivity index (χ0n) is 11.9. The van der Waals surface area contributed by atoms with Crippen LogP contribution in [0.3, 0.4) is 0 Å². The number of phenolic OH excluding ortho intramolecular Hbond substituents is 1. The monoisotopic (exact) mass is 269 g/mol. The molecule has 0 radical (unpaired) electrons. The molecule has 0 fully saturated rings. The summed E-state index contributed by atoms with van der Waals surface area (Å²) in [6.45, 7) is 5.38.